The fraction of sp³-hybridized carbons (Fsp3) is 0.400. The molecule has 0 unspecified atom stereocenters. The summed E-state index contributed by atoms with van der Waals surface area (Å²) in [6.45, 7) is 2.04. The normalized spacial score (nSPS) is 11.8. The van der Waals surface area contributed by atoms with Crippen molar-refractivity contribution in [3.8, 4) is 0 Å². The fourth-order valence-electron chi connectivity index (χ4n) is 1.04. The number of halogens is 1. The van der Waals surface area contributed by atoms with Gasteiger partial charge in [-0.25, -0.2) is 0 Å². The van der Waals surface area contributed by atoms with Crippen LogP contribution in [-0.4, -0.2) is 6.04 Å². The SMILES string of the molecule is C[C@@H](N)CCc1ccccc1.Cl. The molecular formula is C10H16ClN. The van der Waals surface area contributed by atoms with Gasteiger partial charge in [0, 0.05) is 6.04 Å². The lowest BCUT2D eigenvalue weighted by molar-refractivity contribution is 0.666. The molecule has 1 nitrogen and oxygen atoms in total. The number of nitrogens with two attached hydrogens (primary N) is 1. The van der Waals surface area contributed by atoms with E-state index < -0.39 is 0 Å². The molecule has 1 rings (SSSR count). The largest absolute Gasteiger partial charge is 0.328 e. The Bertz CT molecular complexity index is 196. The van der Waals surface area contributed by atoms with Crippen molar-refractivity contribution in [1.29, 1.82) is 0 Å². The number of hydrogen-bond acceptors (Lipinski definition) is 1. The maximum atomic E-state index is 5.64. The topological polar surface area (TPSA) is 26.0 Å². The van der Waals surface area contributed by atoms with E-state index in [4.69, 9.17) is 5.73 Å². The van der Waals surface area contributed by atoms with Crippen LogP contribution in [0.4, 0.5) is 0 Å². The Kier molecular flexibility index (Phi) is 5.77. The molecule has 1 atom stereocenters. The average Bonchev–Trinajstić information content (AvgIpc) is 2.03. The van der Waals surface area contributed by atoms with Gasteiger partial charge in [0.05, 0.1) is 0 Å². The summed E-state index contributed by atoms with van der Waals surface area (Å²) in [7, 11) is 0. The van der Waals surface area contributed by atoms with Crippen LogP contribution >= 0.6 is 12.4 Å². The van der Waals surface area contributed by atoms with Gasteiger partial charge in [-0.05, 0) is 25.3 Å². The highest BCUT2D eigenvalue weighted by molar-refractivity contribution is 5.85. The Balaban J connectivity index is 0.00000121. The van der Waals surface area contributed by atoms with Gasteiger partial charge in [-0.2, -0.15) is 0 Å². The third-order valence-electron chi connectivity index (χ3n) is 1.73. The lowest BCUT2D eigenvalue weighted by Crippen LogP contribution is -2.15. The predicted molar refractivity (Wildman–Crippen MR) is 55.7 cm³/mol. The van der Waals surface area contributed by atoms with Crippen LogP contribution in [0.5, 0.6) is 0 Å². The van der Waals surface area contributed by atoms with Crippen LogP contribution in [0, 0.1) is 0 Å². The van der Waals surface area contributed by atoms with Crippen LogP contribution in [0.2, 0.25) is 0 Å². The molecule has 0 aromatic heterocycles. The first-order valence-electron chi connectivity index (χ1n) is 4.08. The van der Waals surface area contributed by atoms with Crippen molar-refractivity contribution >= 4 is 12.4 Å². The van der Waals surface area contributed by atoms with Crippen LogP contribution < -0.4 is 5.73 Å². The lowest BCUT2D eigenvalue weighted by atomic mass is 10.1. The first-order chi connectivity index (χ1) is 5.29. The van der Waals surface area contributed by atoms with Gasteiger partial charge in [0.15, 0.2) is 0 Å². The molecule has 1 aromatic rings. The second-order valence-corrected chi connectivity index (χ2v) is 3.00. The summed E-state index contributed by atoms with van der Waals surface area (Å²) in [5, 5.41) is 0. The summed E-state index contributed by atoms with van der Waals surface area (Å²) in [5.41, 5.74) is 7.02. The third-order valence-corrected chi connectivity index (χ3v) is 1.73. The Morgan fingerprint density at radius 1 is 1.25 bits per heavy atom. The van der Waals surface area contributed by atoms with E-state index >= 15 is 0 Å². The predicted octanol–water partition coefficient (Wildman–Crippen LogP) is 2.39. The third kappa shape index (κ3) is 4.37. The van der Waals surface area contributed by atoms with Crippen molar-refractivity contribution in [1.82, 2.24) is 0 Å². The molecule has 2 heteroatoms. The summed E-state index contributed by atoms with van der Waals surface area (Å²) >= 11 is 0. The minimum absolute atomic E-state index is 0. The quantitative estimate of drug-likeness (QED) is 0.769. The van der Waals surface area contributed by atoms with Crippen molar-refractivity contribution in [2.45, 2.75) is 25.8 Å². The van der Waals surface area contributed by atoms with Crippen LogP contribution in [0.1, 0.15) is 18.9 Å². The van der Waals surface area contributed by atoms with Crippen molar-refractivity contribution in [2.75, 3.05) is 0 Å². The zero-order chi connectivity index (χ0) is 8.10. The molecule has 12 heavy (non-hydrogen) atoms. The van der Waals surface area contributed by atoms with Crippen molar-refractivity contribution < 1.29 is 0 Å². The highest BCUT2D eigenvalue weighted by Crippen LogP contribution is 2.02. The number of benzene rings is 1. The first-order valence-corrected chi connectivity index (χ1v) is 4.08. The van der Waals surface area contributed by atoms with Crippen molar-refractivity contribution in [2.24, 2.45) is 5.73 Å². The Labute approximate surface area is 80.4 Å². The molecule has 0 fully saturated rings. The van der Waals surface area contributed by atoms with Crippen LogP contribution in [0.25, 0.3) is 0 Å². The summed E-state index contributed by atoms with van der Waals surface area (Å²) in [6.07, 6.45) is 2.17. The van der Waals surface area contributed by atoms with Gasteiger partial charge >= 0.3 is 0 Å². The number of aryl methyl sites for hydroxylation is 1. The summed E-state index contributed by atoms with van der Waals surface area (Å²) in [4.78, 5) is 0. The monoisotopic (exact) mass is 185 g/mol. The smallest absolute Gasteiger partial charge is 0.00136 e. The highest BCUT2D eigenvalue weighted by atomic mass is 35.5. The lowest BCUT2D eigenvalue weighted by Gasteiger charge is -2.03. The van der Waals surface area contributed by atoms with Crippen molar-refractivity contribution in [3.63, 3.8) is 0 Å². The van der Waals surface area contributed by atoms with Gasteiger partial charge in [0.25, 0.3) is 0 Å². The minimum Gasteiger partial charge on any atom is -0.328 e. The molecule has 0 saturated carbocycles. The van der Waals surface area contributed by atoms with Crippen LogP contribution in [0.3, 0.4) is 0 Å². The maximum absolute atomic E-state index is 5.64. The van der Waals surface area contributed by atoms with E-state index in [1.807, 2.05) is 13.0 Å². The Hall–Kier alpha value is -0.530. The highest BCUT2D eigenvalue weighted by Gasteiger charge is 1.94. The zero-order valence-electron chi connectivity index (χ0n) is 7.36. The molecule has 1 aromatic carbocycles. The zero-order valence-corrected chi connectivity index (χ0v) is 8.18. The number of rotatable bonds is 3. The van der Waals surface area contributed by atoms with Gasteiger partial charge < -0.3 is 5.73 Å². The van der Waals surface area contributed by atoms with Crippen LogP contribution in [-0.2, 0) is 6.42 Å². The average molecular weight is 186 g/mol. The van der Waals surface area contributed by atoms with Crippen LogP contribution in [0.15, 0.2) is 30.3 Å². The molecule has 0 aliphatic rings. The molecule has 0 saturated heterocycles. The van der Waals surface area contributed by atoms with E-state index in [2.05, 4.69) is 24.3 Å². The molecule has 0 heterocycles. The maximum Gasteiger partial charge on any atom is 0.00136 e. The number of hydrogen-bond donors (Lipinski definition) is 1. The van der Waals surface area contributed by atoms with Crippen molar-refractivity contribution in [3.05, 3.63) is 35.9 Å². The molecule has 0 bridgehead atoms. The van der Waals surface area contributed by atoms with Gasteiger partial charge in [-0.3, -0.25) is 0 Å². The van der Waals surface area contributed by atoms with E-state index in [1.54, 1.807) is 0 Å². The first kappa shape index (κ1) is 11.5. The van der Waals surface area contributed by atoms with Gasteiger partial charge in [0.2, 0.25) is 0 Å². The van der Waals surface area contributed by atoms with E-state index in [1.165, 1.54) is 5.56 Å². The standard InChI is InChI=1S/C10H15N.ClH/c1-9(11)7-8-10-5-3-2-4-6-10;/h2-6,9H,7-8,11H2,1H3;1H/t9-;/m1./s1. The summed E-state index contributed by atoms with van der Waals surface area (Å²) < 4.78 is 0. The summed E-state index contributed by atoms with van der Waals surface area (Å²) in [6, 6.07) is 10.8. The molecule has 68 valence electrons. The Morgan fingerprint density at radius 3 is 2.33 bits per heavy atom. The van der Waals surface area contributed by atoms with Gasteiger partial charge in [0.1, 0.15) is 0 Å². The second-order valence-electron chi connectivity index (χ2n) is 3.00. The van der Waals surface area contributed by atoms with E-state index in [0.29, 0.717) is 6.04 Å². The second kappa shape index (κ2) is 6.04. The van der Waals surface area contributed by atoms with Gasteiger partial charge in [-0.1, -0.05) is 30.3 Å². The van der Waals surface area contributed by atoms with E-state index in [9.17, 15) is 0 Å². The Morgan fingerprint density at radius 2 is 1.83 bits per heavy atom. The molecule has 0 radical (unpaired) electrons. The molecule has 0 spiro atoms. The summed E-state index contributed by atoms with van der Waals surface area (Å²) in [5.74, 6) is 0. The molecule has 0 aliphatic carbocycles. The van der Waals surface area contributed by atoms with Gasteiger partial charge in [-0.15, -0.1) is 12.4 Å². The molecule has 2 N–H and O–H groups in total. The molecule has 0 amide bonds. The molecular weight excluding hydrogens is 170 g/mol. The fourth-order valence-corrected chi connectivity index (χ4v) is 1.04. The van der Waals surface area contributed by atoms with E-state index in [0.717, 1.165) is 12.8 Å². The minimum atomic E-state index is 0. The molecule has 0 aliphatic heterocycles. The van der Waals surface area contributed by atoms with E-state index in [-0.39, 0.29) is 12.4 Å².